The van der Waals surface area contributed by atoms with E-state index in [4.69, 9.17) is 11.6 Å². The fourth-order valence-electron chi connectivity index (χ4n) is 1.78. The topological polar surface area (TPSA) is 41.5 Å². The number of amides is 1. The molecule has 0 saturated carbocycles. The normalized spacial score (nSPS) is 16.4. The molecule has 100 valence electrons. The van der Waals surface area contributed by atoms with Gasteiger partial charge in [0.05, 0.1) is 5.02 Å². The molecule has 20 heavy (non-hydrogen) atoms. The van der Waals surface area contributed by atoms with Crippen LogP contribution in [0.1, 0.15) is 10.4 Å². The highest BCUT2D eigenvalue weighted by molar-refractivity contribution is 14.1. The number of aliphatic imine (C=N–C) groups is 1. The van der Waals surface area contributed by atoms with Gasteiger partial charge >= 0.3 is 0 Å². The molecule has 0 spiro atoms. The molecule has 0 atom stereocenters. The van der Waals surface area contributed by atoms with Crippen molar-refractivity contribution in [2.75, 3.05) is 0 Å². The quantitative estimate of drug-likeness (QED) is 0.587. The molecular formula is C14H8ClIN2OS. The summed E-state index contributed by atoms with van der Waals surface area (Å²) >= 11 is 9.92. The van der Waals surface area contributed by atoms with Crippen LogP contribution >= 0.6 is 45.5 Å². The molecule has 0 aliphatic carbocycles. The van der Waals surface area contributed by atoms with Crippen LogP contribution in [0.3, 0.4) is 0 Å². The Morgan fingerprint density at radius 3 is 2.95 bits per heavy atom. The van der Waals surface area contributed by atoms with Gasteiger partial charge in [-0.1, -0.05) is 17.7 Å². The van der Waals surface area contributed by atoms with Crippen LogP contribution in [0.25, 0.3) is 6.08 Å². The first-order valence-electron chi connectivity index (χ1n) is 5.74. The van der Waals surface area contributed by atoms with E-state index in [-0.39, 0.29) is 5.91 Å². The summed E-state index contributed by atoms with van der Waals surface area (Å²) in [5.74, 6) is 0.296. The zero-order valence-electron chi connectivity index (χ0n) is 10.1. The van der Waals surface area contributed by atoms with Crippen molar-refractivity contribution < 1.29 is 4.79 Å². The molecule has 0 bridgehead atoms. The van der Waals surface area contributed by atoms with Gasteiger partial charge in [-0.2, -0.15) is 0 Å². The van der Waals surface area contributed by atoms with Crippen LogP contribution in [-0.4, -0.2) is 11.7 Å². The molecule has 1 aromatic heterocycles. The lowest BCUT2D eigenvalue weighted by Crippen LogP contribution is -2.25. The number of thiophene rings is 1. The van der Waals surface area contributed by atoms with Crippen molar-refractivity contribution in [2.24, 2.45) is 4.99 Å². The van der Waals surface area contributed by atoms with Crippen molar-refractivity contribution in [2.45, 2.75) is 0 Å². The summed E-state index contributed by atoms with van der Waals surface area (Å²) in [6, 6.07) is 9.48. The van der Waals surface area contributed by atoms with Gasteiger partial charge in [-0.15, -0.1) is 11.3 Å². The van der Waals surface area contributed by atoms with Crippen molar-refractivity contribution in [1.82, 2.24) is 5.32 Å². The highest BCUT2D eigenvalue weighted by atomic mass is 127. The summed E-state index contributed by atoms with van der Waals surface area (Å²) in [6.07, 6.45) is 1.77. The van der Waals surface area contributed by atoms with Crippen molar-refractivity contribution in [1.29, 1.82) is 0 Å². The van der Waals surface area contributed by atoms with Gasteiger partial charge in [-0.05, 0) is 58.3 Å². The summed E-state index contributed by atoms with van der Waals surface area (Å²) < 4.78 is 1.04. The molecule has 3 nitrogen and oxygen atoms in total. The first kappa shape index (κ1) is 13.8. The Morgan fingerprint density at radius 2 is 2.20 bits per heavy atom. The third kappa shape index (κ3) is 2.79. The fraction of sp³-hybridized carbons (Fsp3) is 0. The number of rotatable bonds is 2. The summed E-state index contributed by atoms with van der Waals surface area (Å²) in [6.45, 7) is 0. The van der Waals surface area contributed by atoms with E-state index in [1.807, 2.05) is 29.6 Å². The van der Waals surface area contributed by atoms with Crippen LogP contribution in [0.15, 0.2) is 46.4 Å². The average molecular weight is 415 g/mol. The lowest BCUT2D eigenvalue weighted by molar-refractivity contribution is -0.115. The van der Waals surface area contributed by atoms with Crippen LogP contribution in [0.5, 0.6) is 0 Å². The van der Waals surface area contributed by atoms with Gasteiger partial charge < -0.3 is 5.32 Å². The van der Waals surface area contributed by atoms with Crippen LogP contribution in [-0.2, 0) is 4.79 Å². The zero-order chi connectivity index (χ0) is 14.1. The molecule has 2 aromatic rings. The number of amidine groups is 1. The van der Waals surface area contributed by atoms with E-state index < -0.39 is 0 Å². The fourth-order valence-corrected chi connectivity index (χ4v) is 3.13. The third-order valence-corrected chi connectivity index (χ3v) is 4.52. The van der Waals surface area contributed by atoms with Gasteiger partial charge in [0.2, 0.25) is 0 Å². The second-order valence-electron chi connectivity index (χ2n) is 4.08. The van der Waals surface area contributed by atoms with Crippen LogP contribution < -0.4 is 5.32 Å². The van der Waals surface area contributed by atoms with Crippen LogP contribution in [0, 0.1) is 3.57 Å². The Hall–Kier alpha value is -1.18. The van der Waals surface area contributed by atoms with E-state index in [0.717, 1.165) is 14.0 Å². The SMILES string of the molecule is O=C1NC(c2cc(I)ccc2Cl)=NC1=Cc1cccs1. The minimum Gasteiger partial charge on any atom is -0.305 e. The van der Waals surface area contributed by atoms with Gasteiger partial charge in [0.1, 0.15) is 11.5 Å². The van der Waals surface area contributed by atoms with E-state index in [1.165, 1.54) is 0 Å². The molecule has 0 radical (unpaired) electrons. The molecular weight excluding hydrogens is 407 g/mol. The van der Waals surface area contributed by atoms with Crippen LogP contribution in [0.4, 0.5) is 0 Å². The summed E-state index contributed by atoms with van der Waals surface area (Å²) in [7, 11) is 0. The summed E-state index contributed by atoms with van der Waals surface area (Å²) in [4.78, 5) is 17.3. The summed E-state index contributed by atoms with van der Waals surface area (Å²) in [5, 5.41) is 5.29. The minimum atomic E-state index is -0.205. The molecule has 1 aliphatic heterocycles. The smallest absolute Gasteiger partial charge is 0.275 e. The Morgan fingerprint density at radius 1 is 1.35 bits per heavy atom. The number of nitrogens with one attached hydrogen (secondary N) is 1. The maximum atomic E-state index is 11.9. The van der Waals surface area contributed by atoms with Crippen LogP contribution in [0.2, 0.25) is 5.02 Å². The molecule has 2 heterocycles. The number of carbonyl (C=O) groups is 1. The van der Waals surface area contributed by atoms with Crippen molar-refractivity contribution in [3.8, 4) is 0 Å². The van der Waals surface area contributed by atoms with E-state index in [0.29, 0.717) is 16.6 Å². The molecule has 1 aromatic carbocycles. The lowest BCUT2D eigenvalue weighted by atomic mass is 10.2. The van der Waals surface area contributed by atoms with Gasteiger partial charge in [-0.3, -0.25) is 4.79 Å². The standard InChI is InChI=1S/C14H8ClIN2OS/c15-11-4-3-8(16)6-10(11)13-17-12(14(19)18-13)7-9-2-1-5-20-9/h1-7H,(H,17,18,19). The maximum Gasteiger partial charge on any atom is 0.275 e. The average Bonchev–Trinajstić information content (AvgIpc) is 3.04. The predicted octanol–water partition coefficient (Wildman–Crippen LogP) is 3.92. The molecule has 0 unspecified atom stereocenters. The van der Waals surface area contributed by atoms with Gasteiger partial charge in [-0.25, -0.2) is 4.99 Å². The first-order chi connectivity index (χ1) is 9.63. The largest absolute Gasteiger partial charge is 0.305 e. The number of carbonyl (C=O) groups excluding carboxylic acids is 1. The van der Waals surface area contributed by atoms with Gasteiger partial charge in [0, 0.05) is 14.0 Å². The van der Waals surface area contributed by atoms with E-state index >= 15 is 0 Å². The molecule has 0 saturated heterocycles. The number of halogens is 2. The van der Waals surface area contributed by atoms with E-state index in [9.17, 15) is 4.79 Å². The minimum absolute atomic E-state index is 0.205. The number of benzene rings is 1. The zero-order valence-corrected chi connectivity index (χ0v) is 13.8. The lowest BCUT2D eigenvalue weighted by Gasteiger charge is -2.03. The monoisotopic (exact) mass is 414 g/mol. The third-order valence-electron chi connectivity index (χ3n) is 2.70. The number of nitrogens with zero attached hydrogens (tertiary/aromatic N) is 1. The Kier molecular flexibility index (Phi) is 3.91. The number of hydrogen-bond acceptors (Lipinski definition) is 3. The molecule has 1 aliphatic rings. The number of hydrogen-bond donors (Lipinski definition) is 1. The van der Waals surface area contributed by atoms with E-state index in [1.54, 1.807) is 23.5 Å². The molecule has 0 fully saturated rings. The Balaban J connectivity index is 2.00. The Labute approximate surface area is 138 Å². The van der Waals surface area contributed by atoms with Crippen molar-refractivity contribution >= 4 is 63.3 Å². The maximum absolute atomic E-state index is 11.9. The van der Waals surface area contributed by atoms with Gasteiger partial charge in [0.15, 0.2) is 0 Å². The highest BCUT2D eigenvalue weighted by Gasteiger charge is 2.22. The predicted molar refractivity (Wildman–Crippen MR) is 91.1 cm³/mol. The van der Waals surface area contributed by atoms with Crippen molar-refractivity contribution in [3.05, 3.63) is 60.4 Å². The molecule has 6 heteroatoms. The molecule has 1 N–H and O–H groups in total. The Bertz CT molecular complexity index is 738. The molecule has 1 amide bonds. The second kappa shape index (κ2) is 5.67. The summed E-state index contributed by atoms with van der Waals surface area (Å²) in [5.41, 5.74) is 1.14. The van der Waals surface area contributed by atoms with E-state index in [2.05, 4.69) is 32.9 Å². The van der Waals surface area contributed by atoms with Crippen molar-refractivity contribution in [3.63, 3.8) is 0 Å². The second-order valence-corrected chi connectivity index (χ2v) is 6.72. The molecule has 3 rings (SSSR count). The van der Waals surface area contributed by atoms with Gasteiger partial charge in [0.25, 0.3) is 5.91 Å². The highest BCUT2D eigenvalue weighted by Crippen LogP contribution is 2.23. The first-order valence-corrected chi connectivity index (χ1v) is 8.08.